The Morgan fingerprint density at radius 2 is 1.67 bits per heavy atom. The molecule has 0 unspecified atom stereocenters. The average molecular weight is 290 g/mol. The normalized spacial score (nSPS) is 15.1. The predicted octanol–water partition coefficient (Wildman–Crippen LogP) is 4.18. The minimum atomic E-state index is -0.0996. The Morgan fingerprint density at radius 1 is 1.00 bits per heavy atom. The number of unbranched alkanes of at least 4 members (excludes halogenated alkanes) is 2. The molecule has 1 aromatic carbocycles. The molecule has 21 heavy (non-hydrogen) atoms. The van der Waals surface area contributed by atoms with Crippen LogP contribution in [0.5, 0.6) is 23.0 Å². The smallest absolute Gasteiger partial charge is 0.228 e. The average Bonchev–Trinajstić information content (AvgIpc) is 2.91. The molecule has 0 N–H and O–H groups in total. The van der Waals surface area contributed by atoms with Gasteiger partial charge in [0.25, 0.3) is 0 Å². The van der Waals surface area contributed by atoms with E-state index >= 15 is 0 Å². The van der Waals surface area contributed by atoms with Crippen LogP contribution < -0.4 is 14.2 Å². The molecule has 0 spiro atoms. The van der Waals surface area contributed by atoms with Crippen LogP contribution in [0.3, 0.4) is 0 Å². The van der Waals surface area contributed by atoms with Crippen molar-refractivity contribution in [1.29, 1.82) is 0 Å². The Hall–Kier alpha value is -1.84. The molecule has 0 heterocycles. The van der Waals surface area contributed by atoms with E-state index in [1.54, 1.807) is 7.11 Å². The SMILES string of the molecule is CCCC[C]=C1CCc2c([O])c(OC)c(OC)c(OC)c21. The molecule has 1 aromatic rings. The standard InChI is InChI=1S/C17H22O4/c1-5-6-7-8-11-9-10-12-13(11)15(19-2)17(21-4)16(20-3)14(12)18/h5-7,9-10H2,1-4H3. The quantitative estimate of drug-likeness (QED) is 0.738. The Balaban J connectivity index is 2.58. The van der Waals surface area contributed by atoms with Gasteiger partial charge in [-0.3, -0.25) is 5.11 Å². The summed E-state index contributed by atoms with van der Waals surface area (Å²) >= 11 is 0. The van der Waals surface area contributed by atoms with Gasteiger partial charge in [0.05, 0.1) is 21.3 Å². The molecule has 1 aliphatic rings. The largest absolute Gasteiger partial charge is 0.492 e. The molecule has 0 atom stereocenters. The van der Waals surface area contributed by atoms with Gasteiger partial charge in [-0.05, 0) is 37.3 Å². The second kappa shape index (κ2) is 6.74. The van der Waals surface area contributed by atoms with Crippen LogP contribution in [-0.2, 0) is 11.5 Å². The fourth-order valence-corrected chi connectivity index (χ4v) is 2.80. The lowest BCUT2D eigenvalue weighted by molar-refractivity contribution is 0.284. The number of fused-ring (bicyclic) bond motifs is 1. The first-order chi connectivity index (χ1) is 10.2. The topological polar surface area (TPSA) is 47.6 Å². The van der Waals surface area contributed by atoms with Crippen molar-refractivity contribution in [2.24, 2.45) is 0 Å². The third-order valence-electron chi connectivity index (χ3n) is 3.83. The first-order valence-electron chi connectivity index (χ1n) is 7.31. The van der Waals surface area contributed by atoms with Crippen LogP contribution >= 0.6 is 0 Å². The lowest BCUT2D eigenvalue weighted by atomic mass is 10.0. The van der Waals surface area contributed by atoms with Crippen LogP contribution in [0.2, 0.25) is 0 Å². The third kappa shape index (κ3) is 2.67. The lowest BCUT2D eigenvalue weighted by Crippen LogP contribution is -1.99. The van der Waals surface area contributed by atoms with E-state index in [9.17, 15) is 5.11 Å². The maximum atomic E-state index is 12.5. The Kier molecular flexibility index (Phi) is 4.99. The van der Waals surface area contributed by atoms with Gasteiger partial charge in [-0.2, -0.15) is 0 Å². The van der Waals surface area contributed by atoms with E-state index in [4.69, 9.17) is 14.2 Å². The molecule has 114 valence electrons. The van der Waals surface area contributed by atoms with Gasteiger partial charge >= 0.3 is 0 Å². The van der Waals surface area contributed by atoms with Crippen molar-refractivity contribution in [2.45, 2.75) is 39.0 Å². The highest BCUT2D eigenvalue weighted by Crippen LogP contribution is 2.54. The molecular weight excluding hydrogens is 268 g/mol. The van der Waals surface area contributed by atoms with Crippen molar-refractivity contribution in [1.82, 2.24) is 0 Å². The Labute approximate surface area is 126 Å². The summed E-state index contributed by atoms with van der Waals surface area (Å²) in [6.07, 6.45) is 8.08. The molecule has 1 aliphatic carbocycles. The van der Waals surface area contributed by atoms with E-state index in [2.05, 4.69) is 13.0 Å². The van der Waals surface area contributed by atoms with Gasteiger partial charge in [0, 0.05) is 11.1 Å². The minimum absolute atomic E-state index is 0.0996. The summed E-state index contributed by atoms with van der Waals surface area (Å²) in [5, 5.41) is 12.5. The van der Waals surface area contributed by atoms with Gasteiger partial charge < -0.3 is 14.2 Å². The minimum Gasteiger partial charge on any atom is -0.492 e. The Bertz CT molecular complexity index is 546. The number of allylic oxidation sites excluding steroid dienone is 2. The van der Waals surface area contributed by atoms with E-state index in [-0.39, 0.29) is 11.5 Å². The van der Waals surface area contributed by atoms with E-state index in [0.29, 0.717) is 17.9 Å². The highest BCUT2D eigenvalue weighted by Gasteiger charge is 2.32. The lowest BCUT2D eigenvalue weighted by Gasteiger charge is -2.17. The summed E-state index contributed by atoms with van der Waals surface area (Å²) in [5.41, 5.74) is 2.67. The molecule has 0 fully saturated rings. The van der Waals surface area contributed by atoms with Gasteiger partial charge in [-0.25, -0.2) is 0 Å². The number of ether oxygens (including phenoxy) is 3. The van der Waals surface area contributed by atoms with Gasteiger partial charge in [0.15, 0.2) is 5.75 Å². The van der Waals surface area contributed by atoms with Crippen LogP contribution in [-0.4, -0.2) is 21.3 Å². The molecule has 2 radical (unpaired) electrons. The van der Waals surface area contributed by atoms with Crippen molar-refractivity contribution in [2.75, 3.05) is 21.3 Å². The summed E-state index contributed by atoms with van der Waals surface area (Å²) in [6.45, 7) is 2.15. The van der Waals surface area contributed by atoms with Crippen molar-refractivity contribution in [3.05, 3.63) is 17.2 Å². The van der Waals surface area contributed by atoms with E-state index in [1.165, 1.54) is 14.2 Å². The first kappa shape index (κ1) is 15.5. The first-order valence-corrected chi connectivity index (χ1v) is 7.31. The fraction of sp³-hybridized carbons (Fsp3) is 0.529. The molecular formula is C17H22O4. The van der Waals surface area contributed by atoms with Gasteiger partial charge in [-0.1, -0.05) is 13.3 Å². The fourth-order valence-electron chi connectivity index (χ4n) is 2.80. The van der Waals surface area contributed by atoms with Crippen molar-refractivity contribution in [3.63, 3.8) is 0 Å². The van der Waals surface area contributed by atoms with E-state index in [1.807, 2.05) is 0 Å². The molecule has 0 aliphatic heterocycles. The predicted molar refractivity (Wildman–Crippen MR) is 80.7 cm³/mol. The third-order valence-corrected chi connectivity index (χ3v) is 3.83. The summed E-state index contributed by atoms with van der Waals surface area (Å²) in [7, 11) is 4.58. The maximum Gasteiger partial charge on any atom is 0.228 e. The van der Waals surface area contributed by atoms with Crippen LogP contribution in [0.4, 0.5) is 0 Å². The molecule has 4 heteroatoms. The monoisotopic (exact) mass is 290 g/mol. The van der Waals surface area contributed by atoms with Crippen LogP contribution in [0.25, 0.3) is 5.57 Å². The van der Waals surface area contributed by atoms with E-state index in [0.717, 1.165) is 42.4 Å². The zero-order valence-corrected chi connectivity index (χ0v) is 13.2. The van der Waals surface area contributed by atoms with Crippen molar-refractivity contribution in [3.8, 4) is 23.0 Å². The summed E-state index contributed by atoms with van der Waals surface area (Å²) < 4.78 is 16.1. The van der Waals surface area contributed by atoms with Crippen LogP contribution in [0, 0.1) is 6.08 Å². The van der Waals surface area contributed by atoms with Crippen molar-refractivity contribution >= 4 is 5.57 Å². The summed E-state index contributed by atoms with van der Waals surface area (Å²) in [6, 6.07) is 0. The van der Waals surface area contributed by atoms with Crippen LogP contribution in [0.1, 0.15) is 43.7 Å². The molecule has 0 amide bonds. The Morgan fingerprint density at radius 3 is 2.24 bits per heavy atom. The molecule has 0 aromatic heterocycles. The van der Waals surface area contributed by atoms with Gasteiger partial charge in [0.1, 0.15) is 0 Å². The molecule has 2 rings (SSSR count). The second-order valence-electron chi connectivity index (χ2n) is 5.04. The number of benzene rings is 1. The van der Waals surface area contributed by atoms with Gasteiger partial charge in [0.2, 0.25) is 17.2 Å². The summed E-state index contributed by atoms with van der Waals surface area (Å²) in [4.78, 5) is 0. The molecule has 0 bridgehead atoms. The summed E-state index contributed by atoms with van der Waals surface area (Å²) in [5.74, 6) is 1.08. The number of methoxy groups -OCH3 is 3. The maximum absolute atomic E-state index is 12.5. The second-order valence-corrected chi connectivity index (χ2v) is 5.04. The molecule has 0 saturated carbocycles. The highest BCUT2D eigenvalue weighted by atomic mass is 16.5. The molecule has 4 nitrogen and oxygen atoms in total. The highest BCUT2D eigenvalue weighted by molar-refractivity contribution is 5.83. The zero-order valence-electron chi connectivity index (χ0n) is 13.2. The van der Waals surface area contributed by atoms with Crippen LogP contribution in [0.15, 0.2) is 0 Å². The number of rotatable bonds is 6. The number of hydrogen-bond donors (Lipinski definition) is 0. The van der Waals surface area contributed by atoms with Crippen molar-refractivity contribution < 1.29 is 19.3 Å². The van der Waals surface area contributed by atoms with Gasteiger partial charge in [-0.15, -0.1) is 0 Å². The zero-order chi connectivity index (χ0) is 15.4. The number of hydrogen-bond acceptors (Lipinski definition) is 3. The van der Waals surface area contributed by atoms with E-state index < -0.39 is 0 Å². The molecule has 0 saturated heterocycles.